The van der Waals surface area contributed by atoms with Gasteiger partial charge in [0.15, 0.2) is 0 Å². The highest BCUT2D eigenvalue weighted by atomic mass is 16.3. The van der Waals surface area contributed by atoms with Crippen LogP contribution in [0.1, 0.15) is 44.6 Å². The zero-order chi connectivity index (χ0) is 24.7. The van der Waals surface area contributed by atoms with E-state index < -0.39 is 23.9 Å². The molecule has 4 aliphatic rings. The summed E-state index contributed by atoms with van der Waals surface area (Å²) in [6, 6.07) is 5.76. The predicted molar refractivity (Wildman–Crippen MR) is 132 cm³/mol. The van der Waals surface area contributed by atoms with Crippen molar-refractivity contribution in [2.75, 3.05) is 14.1 Å². The smallest absolute Gasteiger partial charge is 0.113 e. The van der Waals surface area contributed by atoms with Crippen LogP contribution in [0.2, 0.25) is 0 Å². The van der Waals surface area contributed by atoms with E-state index in [2.05, 4.69) is 40.5 Å². The van der Waals surface area contributed by atoms with Crippen molar-refractivity contribution in [1.29, 1.82) is 0 Å². The standard InChI is InChI=1S/C27H34N4O4/c1-26-13-23(32)16-11-19-24(33)25(34)22(31(2)3)12-27(19,35)9-8-15(16)18(26)6-5-17(26)14-4-7-20-21(10-14)29-30-28-20/h4-5,7,10-11,18,22-25,32-35H,6,8-9,12-13H2,1-3H3,(H,28,29,30). The maximum Gasteiger partial charge on any atom is 0.113 e. The highest BCUT2D eigenvalue weighted by Crippen LogP contribution is 2.60. The molecule has 1 aromatic carbocycles. The van der Waals surface area contributed by atoms with Gasteiger partial charge in [-0.1, -0.05) is 30.7 Å². The third kappa shape index (κ3) is 3.31. The van der Waals surface area contributed by atoms with Crippen molar-refractivity contribution >= 4 is 16.6 Å². The third-order valence-corrected chi connectivity index (χ3v) is 9.24. The topological polar surface area (TPSA) is 126 Å². The lowest BCUT2D eigenvalue weighted by atomic mass is 9.61. The van der Waals surface area contributed by atoms with Crippen LogP contribution in [0.15, 0.2) is 47.1 Å². The van der Waals surface area contributed by atoms with Gasteiger partial charge in [0.25, 0.3) is 0 Å². The molecule has 186 valence electrons. The second kappa shape index (κ2) is 7.82. The molecule has 1 saturated carbocycles. The largest absolute Gasteiger partial charge is 0.388 e. The minimum Gasteiger partial charge on any atom is -0.388 e. The number of nitrogens with zero attached hydrogens (tertiary/aromatic N) is 3. The van der Waals surface area contributed by atoms with E-state index in [1.807, 2.05) is 31.1 Å². The summed E-state index contributed by atoms with van der Waals surface area (Å²) in [6.45, 7) is 2.23. The molecule has 1 fully saturated rings. The van der Waals surface area contributed by atoms with E-state index in [4.69, 9.17) is 0 Å². The highest BCUT2D eigenvalue weighted by molar-refractivity contribution is 5.82. The predicted octanol–water partition coefficient (Wildman–Crippen LogP) is 1.94. The number of likely N-dealkylation sites (N-methyl/N-ethyl adjacent to an activating group) is 1. The Morgan fingerprint density at radius 2 is 1.86 bits per heavy atom. The first kappa shape index (κ1) is 23.1. The molecule has 0 amide bonds. The van der Waals surface area contributed by atoms with Gasteiger partial charge in [-0.15, -0.1) is 0 Å². The number of benzene rings is 1. The molecular formula is C27H34N4O4. The minimum absolute atomic E-state index is 0.205. The lowest BCUT2D eigenvalue weighted by Crippen LogP contribution is -2.58. The fourth-order valence-electron chi connectivity index (χ4n) is 7.30. The molecule has 1 heterocycles. The summed E-state index contributed by atoms with van der Waals surface area (Å²) in [7, 11) is 3.71. The van der Waals surface area contributed by atoms with Gasteiger partial charge in [0.2, 0.25) is 0 Å². The molecule has 4 aliphatic carbocycles. The van der Waals surface area contributed by atoms with Crippen molar-refractivity contribution in [3.63, 3.8) is 0 Å². The van der Waals surface area contributed by atoms with Crippen molar-refractivity contribution in [2.45, 2.75) is 69.0 Å². The SMILES string of the molecule is CN(C)C1CC2(O)CCC3=C(C=C2C(O)C1O)C(O)CC1(C)C(c2ccc4n[nH]nc4c2)=CCC31. The first-order valence-electron chi connectivity index (χ1n) is 12.5. The summed E-state index contributed by atoms with van der Waals surface area (Å²) in [5, 5.41) is 56.0. The number of hydrogen-bond acceptors (Lipinski definition) is 7. The van der Waals surface area contributed by atoms with E-state index in [0.717, 1.165) is 28.6 Å². The van der Waals surface area contributed by atoms with E-state index in [0.29, 0.717) is 31.3 Å². The van der Waals surface area contributed by atoms with E-state index >= 15 is 0 Å². The van der Waals surface area contributed by atoms with Crippen LogP contribution in [-0.2, 0) is 0 Å². The van der Waals surface area contributed by atoms with Gasteiger partial charge in [0.1, 0.15) is 17.1 Å². The Morgan fingerprint density at radius 3 is 2.63 bits per heavy atom. The molecule has 6 rings (SSSR count). The molecule has 5 N–H and O–H groups in total. The van der Waals surface area contributed by atoms with Gasteiger partial charge in [-0.05, 0) is 86.5 Å². The summed E-state index contributed by atoms with van der Waals surface area (Å²) in [5.41, 5.74) is 4.91. The van der Waals surface area contributed by atoms with Crippen LogP contribution in [0.5, 0.6) is 0 Å². The maximum atomic E-state index is 11.7. The van der Waals surface area contributed by atoms with Gasteiger partial charge in [-0.2, -0.15) is 15.4 Å². The van der Waals surface area contributed by atoms with E-state index in [9.17, 15) is 20.4 Å². The van der Waals surface area contributed by atoms with Crippen LogP contribution in [0, 0.1) is 11.3 Å². The van der Waals surface area contributed by atoms with Crippen molar-refractivity contribution in [1.82, 2.24) is 20.3 Å². The monoisotopic (exact) mass is 478 g/mol. The average molecular weight is 479 g/mol. The lowest BCUT2D eigenvalue weighted by molar-refractivity contribution is -0.0922. The number of allylic oxidation sites excluding steroid dienone is 3. The maximum absolute atomic E-state index is 11.7. The van der Waals surface area contributed by atoms with Crippen LogP contribution in [0.4, 0.5) is 0 Å². The molecule has 8 heteroatoms. The van der Waals surface area contributed by atoms with E-state index in [1.54, 1.807) is 0 Å². The number of aromatic nitrogens is 3. The zero-order valence-electron chi connectivity index (χ0n) is 20.4. The molecule has 0 radical (unpaired) electrons. The number of fused-ring (bicyclic) bond motifs is 4. The second-order valence-corrected chi connectivity index (χ2v) is 11.4. The van der Waals surface area contributed by atoms with Crippen molar-refractivity contribution in [3.05, 3.63) is 52.6 Å². The van der Waals surface area contributed by atoms with Crippen molar-refractivity contribution in [3.8, 4) is 0 Å². The number of rotatable bonds is 2. The Kier molecular flexibility index (Phi) is 5.15. The highest BCUT2D eigenvalue weighted by Gasteiger charge is 2.53. The van der Waals surface area contributed by atoms with E-state index in [-0.39, 0.29) is 17.4 Å². The van der Waals surface area contributed by atoms with Crippen LogP contribution in [0.3, 0.4) is 0 Å². The van der Waals surface area contributed by atoms with E-state index in [1.165, 1.54) is 11.1 Å². The fraction of sp³-hybridized carbons (Fsp3) is 0.556. The van der Waals surface area contributed by atoms with Crippen molar-refractivity contribution in [2.24, 2.45) is 11.3 Å². The number of nitrogens with one attached hydrogen (secondary N) is 1. The minimum atomic E-state index is -1.21. The van der Waals surface area contributed by atoms with Gasteiger partial charge in [0.05, 0.1) is 17.8 Å². The Labute approximate surface area is 204 Å². The molecule has 0 bridgehead atoms. The molecule has 0 spiro atoms. The van der Waals surface area contributed by atoms with Gasteiger partial charge >= 0.3 is 0 Å². The Morgan fingerprint density at radius 1 is 1.09 bits per heavy atom. The Hall–Kier alpha value is -2.36. The van der Waals surface area contributed by atoms with Crippen LogP contribution < -0.4 is 0 Å². The summed E-state index contributed by atoms with van der Waals surface area (Å²) >= 11 is 0. The molecular weight excluding hydrogens is 444 g/mol. The van der Waals surface area contributed by atoms with Gasteiger partial charge in [-0.25, -0.2) is 0 Å². The molecule has 0 saturated heterocycles. The van der Waals surface area contributed by atoms with Gasteiger partial charge in [0, 0.05) is 11.5 Å². The zero-order valence-corrected chi connectivity index (χ0v) is 20.4. The summed E-state index contributed by atoms with van der Waals surface area (Å²) in [4.78, 5) is 1.87. The molecule has 7 atom stereocenters. The first-order chi connectivity index (χ1) is 16.6. The number of H-pyrrole nitrogens is 1. The summed E-state index contributed by atoms with van der Waals surface area (Å²) < 4.78 is 0. The van der Waals surface area contributed by atoms with Gasteiger partial charge in [-0.3, -0.25) is 0 Å². The van der Waals surface area contributed by atoms with Gasteiger partial charge < -0.3 is 25.3 Å². The first-order valence-corrected chi connectivity index (χ1v) is 12.5. The van der Waals surface area contributed by atoms with Crippen LogP contribution in [0.25, 0.3) is 16.6 Å². The molecule has 7 unspecified atom stereocenters. The number of aliphatic hydroxyl groups is 4. The Balaban J connectivity index is 1.38. The average Bonchev–Trinajstić information content (AvgIpc) is 3.37. The number of aliphatic hydroxyl groups excluding tert-OH is 3. The molecule has 0 aliphatic heterocycles. The summed E-state index contributed by atoms with van der Waals surface area (Å²) in [6.07, 6.45) is 4.11. The number of aromatic amines is 1. The van der Waals surface area contributed by atoms with Crippen LogP contribution in [-0.4, -0.2) is 84.8 Å². The molecule has 2 aromatic rings. The number of hydrogen-bond donors (Lipinski definition) is 5. The van der Waals surface area contributed by atoms with Crippen LogP contribution >= 0.6 is 0 Å². The second-order valence-electron chi connectivity index (χ2n) is 11.4. The lowest BCUT2D eigenvalue weighted by Gasteiger charge is -2.46. The fourth-order valence-corrected chi connectivity index (χ4v) is 7.30. The normalized spacial score (nSPS) is 39.1. The Bertz CT molecular complexity index is 1280. The molecule has 8 nitrogen and oxygen atoms in total. The summed E-state index contributed by atoms with van der Waals surface area (Å²) in [5.74, 6) is 0.205. The molecule has 35 heavy (non-hydrogen) atoms. The molecule has 1 aromatic heterocycles. The quantitative estimate of drug-likeness (QED) is 0.447. The third-order valence-electron chi connectivity index (χ3n) is 9.24. The van der Waals surface area contributed by atoms with Crippen molar-refractivity contribution < 1.29 is 20.4 Å².